The minimum atomic E-state index is -1.87. The molecule has 0 aromatic heterocycles. The lowest BCUT2D eigenvalue weighted by atomic mass is 10.2. The fraction of sp³-hybridized carbons (Fsp3) is 0.417. The molecule has 1 aromatic carbocycles. The first-order chi connectivity index (χ1) is 9.02. The first kappa shape index (κ1) is 15.3. The Labute approximate surface area is 113 Å². The van der Waals surface area contributed by atoms with E-state index in [1.54, 1.807) is 24.4 Å². The Bertz CT molecular complexity index is 424. The lowest BCUT2D eigenvalue weighted by molar-refractivity contribution is 0.279. The topological polar surface area (TPSA) is 83.3 Å². The van der Waals surface area contributed by atoms with Gasteiger partial charge in [-0.25, -0.2) is 0 Å². The number of nitrogens with zero attached hydrogens (tertiary/aromatic N) is 1. The molecule has 6 nitrogen and oxygen atoms in total. The van der Waals surface area contributed by atoms with Crippen LogP contribution >= 0.6 is 0 Å². The van der Waals surface area contributed by atoms with E-state index in [1.165, 1.54) is 7.11 Å². The van der Waals surface area contributed by atoms with E-state index < -0.39 is 7.32 Å². The minimum Gasteiger partial charge on any atom is -0.509 e. The summed E-state index contributed by atoms with van der Waals surface area (Å²) in [7, 11) is -0.398. The predicted octanol–water partition coefficient (Wildman–Crippen LogP) is 0.623. The third-order valence-electron chi connectivity index (χ3n) is 2.22. The molecule has 104 valence electrons. The second kappa shape index (κ2) is 7.65. The highest BCUT2D eigenvalue weighted by atomic mass is 16.6. The van der Waals surface area contributed by atoms with Crippen LogP contribution < -0.4 is 14.8 Å². The Morgan fingerprint density at radius 1 is 1.37 bits per heavy atom. The largest absolute Gasteiger partial charge is 0.707 e. The summed E-state index contributed by atoms with van der Waals surface area (Å²) in [6.45, 7) is 4.99. The summed E-state index contributed by atoms with van der Waals surface area (Å²) in [4.78, 5) is 0. The van der Waals surface area contributed by atoms with Crippen molar-refractivity contribution in [3.63, 3.8) is 0 Å². The van der Waals surface area contributed by atoms with Gasteiger partial charge in [0.05, 0.1) is 13.3 Å². The molecule has 1 aromatic rings. The van der Waals surface area contributed by atoms with Crippen LogP contribution in [0.25, 0.3) is 0 Å². The molecule has 3 N–H and O–H groups in total. The molecule has 0 radical (unpaired) electrons. The molecule has 0 atom stereocenters. The number of hydrazone groups is 1. The Hall–Kier alpha value is -1.73. The van der Waals surface area contributed by atoms with E-state index in [0.29, 0.717) is 11.7 Å². The average molecular weight is 266 g/mol. The van der Waals surface area contributed by atoms with Gasteiger partial charge < -0.3 is 24.9 Å². The molecule has 0 spiro atoms. The van der Waals surface area contributed by atoms with Crippen LogP contribution in [0, 0.1) is 5.92 Å². The normalized spacial score (nSPS) is 10.8. The van der Waals surface area contributed by atoms with Gasteiger partial charge in [-0.15, -0.1) is 0 Å². The zero-order valence-corrected chi connectivity index (χ0v) is 11.3. The lowest BCUT2D eigenvalue weighted by Gasteiger charge is -2.10. The number of nitrogens with one attached hydrogen (secondary N) is 1. The molecule has 0 aliphatic rings. The number of rotatable bonds is 7. The highest BCUT2D eigenvalue weighted by Crippen LogP contribution is 2.27. The lowest BCUT2D eigenvalue weighted by Crippen LogP contribution is -2.20. The third kappa shape index (κ3) is 5.63. The zero-order valence-electron chi connectivity index (χ0n) is 11.3. The second-order valence-corrected chi connectivity index (χ2v) is 4.37. The Morgan fingerprint density at radius 3 is 2.68 bits per heavy atom. The smallest absolute Gasteiger partial charge is 0.509 e. The van der Waals surface area contributed by atoms with E-state index in [2.05, 4.69) is 24.4 Å². The fourth-order valence-corrected chi connectivity index (χ4v) is 1.33. The van der Waals surface area contributed by atoms with Gasteiger partial charge in [-0.05, 0) is 29.7 Å². The maximum Gasteiger partial charge on any atom is 0.707 e. The summed E-state index contributed by atoms with van der Waals surface area (Å²) in [5.41, 5.74) is 3.75. The Morgan fingerprint density at radius 2 is 2.11 bits per heavy atom. The second-order valence-electron chi connectivity index (χ2n) is 4.37. The molecule has 19 heavy (non-hydrogen) atoms. The quantitative estimate of drug-likeness (QED) is 0.383. The van der Waals surface area contributed by atoms with Crippen molar-refractivity contribution < 1.29 is 19.4 Å². The van der Waals surface area contributed by atoms with Crippen LogP contribution in [0.2, 0.25) is 0 Å². The summed E-state index contributed by atoms with van der Waals surface area (Å²) in [6, 6.07) is 5.02. The molecule has 0 saturated carbocycles. The van der Waals surface area contributed by atoms with Gasteiger partial charge in [-0.1, -0.05) is 13.8 Å². The van der Waals surface area contributed by atoms with Crippen molar-refractivity contribution in [1.82, 2.24) is 5.43 Å². The summed E-state index contributed by atoms with van der Waals surface area (Å²) < 4.78 is 9.88. The monoisotopic (exact) mass is 266 g/mol. The highest BCUT2D eigenvalue weighted by Gasteiger charge is 2.14. The van der Waals surface area contributed by atoms with Gasteiger partial charge in [-0.2, -0.15) is 5.10 Å². The molecule has 0 bridgehead atoms. The van der Waals surface area contributed by atoms with E-state index >= 15 is 0 Å². The minimum absolute atomic E-state index is 0.254. The van der Waals surface area contributed by atoms with Gasteiger partial charge in [0.2, 0.25) is 0 Å². The van der Waals surface area contributed by atoms with Crippen LogP contribution in [0.1, 0.15) is 19.4 Å². The molecule has 0 aliphatic carbocycles. The van der Waals surface area contributed by atoms with Crippen LogP contribution in [-0.2, 0) is 0 Å². The van der Waals surface area contributed by atoms with Crippen LogP contribution in [0.15, 0.2) is 23.3 Å². The van der Waals surface area contributed by atoms with Crippen LogP contribution in [-0.4, -0.2) is 37.2 Å². The van der Waals surface area contributed by atoms with E-state index in [0.717, 1.165) is 12.1 Å². The maximum absolute atomic E-state index is 8.76. The molecule has 0 saturated heterocycles. The molecular formula is C12H19BN2O4. The van der Waals surface area contributed by atoms with Crippen molar-refractivity contribution in [2.75, 3.05) is 13.7 Å². The standard InChI is InChI=1S/C12H19BN2O4/c1-9(2)7-14-15-8-10-4-5-11(19-13(16)17)12(6-10)18-3/h4-6,8-9,14,16-17H,7H2,1-3H3/b15-8+. The number of methoxy groups -OCH3 is 1. The van der Waals surface area contributed by atoms with Crippen LogP contribution in [0.4, 0.5) is 0 Å². The SMILES string of the molecule is COc1cc(/C=N/NCC(C)C)ccc1OB(O)O. The maximum atomic E-state index is 8.76. The number of benzene rings is 1. The molecule has 0 heterocycles. The Balaban J connectivity index is 2.71. The molecule has 7 heteroatoms. The van der Waals surface area contributed by atoms with Gasteiger partial charge in [-0.3, -0.25) is 0 Å². The first-order valence-corrected chi connectivity index (χ1v) is 5.99. The number of hydrogen-bond acceptors (Lipinski definition) is 6. The molecule has 0 unspecified atom stereocenters. The third-order valence-corrected chi connectivity index (χ3v) is 2.22. The summed E-state index contributed by atoms with van der Waals surface area (Å²) in [6.07, 6.45) is 1.66. The molecule has 1 rings (SSSR count). The van der Waals surface area contributed by atoms with Gasteiger partial charge in [0.25, 0.3) is 0 Å². The van der Waals surface area contributed by atoms with Crippen molar-refractivity contribution in [1.29, 1.82) is 0 Å². The first-order valence-electron chi connectivity index (χ1n) is 5.99. The van der Waals surface area contributed by atoms with E-state index in [-0.39, 0.29) is 5.75 Å². The highest BCUT2D eigenvalue weighted by molar-refractivity contribution is 6.33. The Kier molecular flexibility index (Phi) is 6.18. The van der Waals surface area contributed by atoms with Crippen molar-refractivity contribution in [2.45, 2.75) is 13.8 Å². The number of hydrogen-bond donors (Lipinski definition) is 3. The molecule has 0 amide bonds. The van der Waals surface area contributed by atoms with Crippen molar-refractivity contribution in [2.24, 2.45) is 11.0 Å². The summed E-state index contributed by atoms with van der Waals surface area (Å²) >= 11 is 0. The predicted molar refractivity (Wildman–Crippen MR) is 74.2 cm³/mol. The molecule has 0 aliphatic heterocycles. The van der Waals surface area contributed by atoms with Crippen molar-refractivity contribution >= 4 is 13.5 Å². The number of ether oxygens (including phenoxy) is 1. The van der Waals surface area contributed by atoms with Crippen molar-refractivity contribution in [3.8, 4) is 11.5 Å². The van der Waals surface area contributed by atoms with Gasteiger partial charge in [0.1, 0.15) is 5.75 Å². The zero-order chi connectivity index (χ0) is 14.3. The summed E-state index contributed by atoms with van der Waals surface area (Å²) in [5, 5.41) is 21.6. The fourth-order valence-electron chi connectivity index (χ4n) is 1.33. The molecular weight excluding hydrogens is 247 g/mol. The summed E-state index contributed by atoms with van der Waals surface area (Å²) in [5.74, 6) is 1.18. The van der Waals surface area contributed by atoms with Crippen LogP contribution in [0.3, 0.4) is 0 Å². The van der Waals surface area contributed by atoms with Gasteiger partial charge >= 0.3 is 7.32 Å². The van der Waals surface area contributed by atoms with E-state index in [1.807, 2.05) is 0 Å². The van der Waals surface area contributed by atoms with Gasteiger partial charge in [0.15, 0.2) is 5.75 Å². The van der Waals surface area contributed by atoms with E-state index in [4.69, 9.17) is 19.4 Å². The van der Waals surface area contributed by atoms with E-state index in [9.17, 15) is 0 Å². The van der Waals surface area contributed by atoms with Gasteiger partial charge in [0, 0.05) is 6.54 Å². The van der Waals surface area contributed by atoms with Crippen LogP contribution in [0.5, 0.6) is 11.5 Å². The van der Waals surface area contributed by atoms with Crippen molar-refractivity contribution in [3.05, 3.63) is 23.8 Å². The average Bonchev–Trinajstić information content (AvgIpc) is 2.35. The molecule has 0 fully saturated rings.